The zero-order valence-electron chi connectivity index (χ0n) is 7.66. The number of ketones is 1. The number of carbonyl (C=O) groups is 1. The summed E-state index contributed by atoms with van der Waals surface area (Å²) in [7, 11) is 0. The van der Waals surface area contributed by atoms with Crippen LogP contribution in [0.15, 0.2) is 23.0 Å². The molecule has 13 heavy (non-hydrogen) atoms. The number of rotatable bonds is 1. The molecule has 1 saturated carbocycles. The summed E-state index contributed by atoms with van der Waals surface area (Å²) in [5.41, 5.74) is 1.06. The minimum Gasteiger partial charge on any atom is -0.472 e. The van der Waals surface area contributed by atoms with E-state index < -0.39 is 0 Å². The van der Waals surface area contributed by atoms with Crippen LogP contribution in [-0.4, -0.2) is 5.78 Å². The lowest BCUT2D eigenvalue weighted by molar-refractivity contribution is -0.120. The van der Waals surface area contributed by atoms with Gasteiger partial charge in [-0.15, -0.1) is 0 Å². The van der Waals surface area contributed by atoms with Crippen molar-refractivity contribution >= 4 is 5.78 Å². The molecule has 1 heterocycles. The highest BCUT2D eigenvalue weighted by Crippen LogP contribution is 2.28. The monoisotopic (exact) mass is 178 g/mol. The molecule has 1 fully saturated rings. The molecule has 0 saturated heterocycles. The fraction of sp³-hybridized carbons (Fsp3) is 0.545. The van der Waals surface area contributed by atoms with E-state index in [4.69, 9.17) is 4.42 Å². The number of hydrogen-bond acceptors (Lipinski definition) is 2. The summed E-state index contributed by atoms with van der Waals surface area (Å²) in [6, 6.07) is 1.91. The van der Waals surface area contributed by atoms with Crippen molar-refractivity contribution in [3.8, 4) is 0 Å². The lowest BCUT2D eigenvalue weighted by atomic mass is 9.93. The van der Waals surface area contributed by atoms with E-state index in [1.807, 2.05) is 6.07 Å². The van der Waals surface area contributed by atoms with Gasteiger partial charge in [-0.1, -0.05) is 12.8 Å². The molecule has 2 nitrogen and oxygen atoms in total. The first-order valence-corrected chi connectivity index (χ1v) is 4.93. The number of furan rings is 1. The molecule has 0 spiro atoms. The maximum atomic E-state index is 11.7. The highest BCUT2D eigenvalue weighted by molar-refractivity contribution is 5.85. The van der Waals surface area contributed by atoms with E-state index in [0.717, 1.165) is 24.8 Å². The normalized spacial score (nSPS) is 24.3. The van der Waals surface area contributed by atoms with E-state index in [-0.39, 0.29) is 5.92 Å². The fourth-order valence-electron chi connectivity index (χ4n) is 1.99. The molecule has 0 bridgehead atoms. The summed E-state index contributed by atoms with van der Waals surface area (Å²) < 4.78 is 5.00. The van der Waals surface area contributed by atoms with Crippen LogP contribution in [0.5, 0.6) is 0 Å². The average molecular weight is 178 g/mol. The van der Waals surface area contributed by atoms with Gasteiger partial charge in [0.05, 0.1) is 12.5 Å². The van der Waals surface area contributed by atoms with Crippen LogP contribution >= 0.6 is 0 Å². The van der Waals surface area contributed by atoms with Gasteiger partial charge in [0.25, 0.3) is 0 Å². The summed E-state index contributed by atoms with van der Waals surface area (Å²) in [4.78, 5) is 11.7. The highest BCUT2D eigenvalue weighted by Gasteiger charge is 2.22. The summed E-state index contributed by atoms with van der Waals surface area (Å²) >= 11 is 0. The first-order chi connectivity index (χ1) is 6.38. The quantitative estimate of drug-likeness (QED) is 0.619. The molecule has 1 aromatic heterocycles. The van der Waals surface area contributed by atoms with Crippen LogP contribution in [0.4, 0.5) is 0 Å². The molecule has 2 rings (SSSR count). The molecule has 0 aliphatic heterocycles. The van der Waals surface area contributed by atoms with Crippen LogP contribution in [0, 0.1) is 0 Å². The molecule has 1 aliphatic rings. The molecular weight excluding hydrogens is 164 g/mol. The van der Waals surface area contributed by atoms with E-state index in [9.17, 15) is 4.79 Å². The van der Waals surface area contributed by atoms with E-state index in [1.165, 1.54) is 12.8 Å². The van der Waals surface area contributed by atoms with Crippen LogP contribution in [0.25, 0.3) is 0 Å². The van der Waals surface area contributed by atoms with Crippen molar-refractivity contribution in [3.63, 3.8) is 0 Å². The Hall–Kier alpha value is -1.05. The zero-order valence-corrected chi connectivity index (χ0v) is 7.66. The van der Waals surface area contributed by atoms with Crippen molar-refractivity contribution in [1.29, 1.82) is 0 Å². The molecule has 1 aliphatic carbocycles. The molecule has 0 amide bonds. The van der Waals surface area contributed by atoms with Gasteiger partial charge < -0.3 is 4.42 Å². The van der Waals surface area contributed by atoms with Gasteiger partial charge in [0, 0.05) is 17.9 Å². The molecule has 1 atom stereocenters. The van der Waals surface area contributed by atoms with Crippen molar-refractivity contribution in [2.75, 3.05) is 0 Å². The van der Waals surface area contributed by atoms with Gasteiger partial charge in [-0.25, -0.2) is 0 Å². The third-order valence-electron chi connectivity index (χ3n) is 2.75. The predicted molar refractivity (Wildman–Crippen MR) is 49.5 cm³/mol. The van der Waals surface area contributed by atoms with Gasteiger partial charge in [0.15, 0.2) is 0 Å². The average Bonchev–Trinajstić information content (AvgIpc) is 2.56. The van der Waals surface area contributed by atoms with Crippen molar-refractivity contribution in [3.05, 3.63) is 24.2 Å². The van der Waals surface area contributed by atoms with Crippen molar-refractivity contribution in [1.82, 2.24) is 0 Å². The molecule has 1 aromatic rings. The van der Waals surface area contributed by atoms with Gasteiger partial charge in [0.2, 0.25) is 0 Å². The Morgan fingerprint density at radius 1 is 1.31 bits per heavy atom. The van der Waals surface area contributed by atoms with Gasteiger partial charge in [-0.3, -0.25) is 4.79 Å². The Morgan fingerprint density at radius 2 is 2.23 bits per heavy atom. The second kappa shape index (κ2) is 3.77. The molecule has 0 N–H and O–H groups in total. The molecule has 2 heteroatoms. The van der Waals surface area contributed by atoms with Crippen molar-refractivity contribution < 1.29 is 9.21 Å². The first kappa shape index (κ1) is 8.54. The fourth-order valence-corrected chi connectivity index (χ4v) is 1.99. The van der Waals surface area contributed by atoms with Crippen molar-refractivity contribution in [2.45, 2.75) is 38.0 Å². The summed E-state index contributed by atoms with van der Waals surface area (Å²) in [5.74, 6) is 0.500. The van der Waals surface area contributed by atoms with Gasteiger partial charge in [-0.2, -0.15) is 0 Å². The third-order valence-corrected chi connectivity index (χ3v) is 2.75. The lowest BCUT2D eigenvalue weighted by Gasteiger charge is -2.09. The van der Waals surface area contributed by atoms with Gasteiger partial charge >= 0.3 is 0 Å². The largest absolute Gasteiger partial charge is 0.472 e. The summed E-state index contributed by atoms with van der Waals surface area (Å²) in [6.45, 7) is 0. The van der Waals surface area contributed by atoms with Crippen LogP contribution in [-0.2, 0) is 4.79 Å². The second-order valence-electron chi connectivity index (χ2n) is 3.67. The Bertz CT molecular complexity index is 274. The number of carbonyl (C=O) groups excluding carboxylic acids is 1. The third kappa shape index (κ3) is 1.82. The zero-order chi connectivity index (χ0) is 9.10. The van der Waals surface area contributed by atoms with E-state index >= 15 is 0 Å². The van der Waals surface area contributed by atoms with Crippen LogP contribution < -0.4 is 0 Å². The molecular formula is C11H14O2. The SMILES string of the molecule is O=C1CCCCCC1c1ccoc1. The van der Waals surface area contributed by atoms with E-state index in [2.05, 4.69) is 0 Å². The topological polar surface area (TPSA) is 30.2 Å². The minimum atomic E-state index is 0.112. The van der Waals surface area contributed by atoms with Gasteiger partial charge in [0.1, 0.15) is 5.78 Å². The Balaban J connectivity index is 2.16. The maximum absolute atomic E-state index is 11.7. The molecule has 0 aromatic carbocycles. The second-order valence-corrected chi connectivity index (χ2v) is 3.67. The highest BCUT2D eigenvalue weighted by atomic mass is 16.3. The van der Waals surface area contributed by atoms with Gasteiger partial charge in [-0.05, 0) is 18.9 Å². The molecule has 0 radical (unpaired) electrons. The maximum Gasteiger partial charge on any atom is 0.140 e. The minimum absolute atomic E-state index is 0.112. The van der Waals surface area contributed by atoms with Crippen LogP contribution in [0.2, 0.25) is 0 Å². The standard InChI is InChI=1S/C11H14O2/c12-11-5-3-1-2-4-10(11)9-6-7-13-8-9/h6-8,10H,1-5H2. The van der Waals surface area contributed by atoms with Crippen LogP contribution in [0.3, 0.4) is 0 Å². The first-order valence-electron chi connectivity index (χ1n) is 4.93. The summed E-state index contributed by atoms with van der Waals surface area (Å²) in [5, 5.41) is 0. The molecule has 1 unspecified atom stereocenters. The smallest absolute Gasteiger partial charge is 0.140 e. The van der Waals surface area contributed by atoms with Crippen LogP contribution in [0.1, 0.15) is 43.6 Å². The van der Waals surface area contributed by atoms with E-state index in [1.54, 1.807) is 12.5 Å². The Morgan fingerprint density at radius 3 is 3.00 bits per heavy atom. The Kier molecular flexibility index (Phi) is 2.48. The Labute approximate surface area is 77.9 Å². The van der Waals surface area contributed by atoms with E-state index in [0.29, 0.717) is 5.78 Å². The lowest BCUT2D eigenvalue weighted by Crippen LogP contribution is -2.09. The van der Waals surface area contributed by atoms with Crippen molar-refractivity contribution in [2.24, 2.45) is 0 Å². The molecule has 70 valence electrons. The summed E-state index contributed by atoms with van der Waals surface area (Å²) in [6.07, 6.45) is 8.52. The number of hydrogen-bond donors (Lipinski definition) is 0. The predicted octanol–water partition coefficient (Wildman–Crippen LogP) is 2.90. The number of Topliss-reactive ketones (excluding diaryl/α,β-unsaturated/α-hetero) is 1.